The van der Waals surface area contributed by atoms with E-state index in [1.807, 2.05) is 6.92 Å². The number of carbonyl (C=O) groups excluding carboxylic acids is 1. The predicted molar refractivity (Wildman–Crippen MR) is 107 cm³/mol. The number of H-pyrrole nitrogens is 1. The molecule has 0 saturated heterocycles. The number of hydrogen-bond acceptors (Lipinski definition) is 6. The van der Waals surface area contributed by atoms with Crippen molar-refractivity contribution in [3.8, 4) is 5.75 Å². The summed E-state index contributed by atoms with van der Waals surface area (Å²) in [6, 6.07) is 5.23. The van der Waals surface area contributed by atoms with Gasteiger partial charge in [0.15, 0.2) is 11.2 Å². The molecule has 3 aromatic rings. The fourth-order valence-corrected chi connectivity index (χ4v) is 3.20. The second-order valence-corrected chi connectivity index (χ2v) is 6.69. The Bertz CT molecular complexity index is 1200. The number of ether oxygens (including phenoxy) is 2. The molecule has 3 rings (SSSR count). The number of hydrogen-bond donors (Lipinski definition) is 1. The topological polar surface area (TPSA) is 108 Å². The van der Waals surface area contributed by atoms with E-state index in [-0.39, 0.29) is 34.9 Å². The standard InChI is InChI=1S/C20H22F2N4O5/c1-3-5-9-26-16-15(17(27)24-20(26)29)25(4-2)14(23-16)11-30-18(28)12-7-6-8-13(10-12)31-19(21)22/h6-8,10,19H,3-5,9,11H2,1-2H3,(H,24,27,29). The molecule has 0 atom stereocenters. The van der Waals surface area contributed by atoms with Crippen LogP contribution in [-0.2, 0) is 24.4 Å². The van der Waals surface area contributed by atoms with Gasteiger partial charge in [0.1, 0.15) is 18.2 Å². The SMILES string of the molecule is CCCCn1c(=O)[nH]c(=O)c2c1nc(COC(=O)c1cccc(OC(F)F)c1)n2CC. The Morgan fingerprint density at radius 2 is 2.00 bits per heavy atom. The zero-order valence-corrected chi connectivity index (χ0v) is 17.1. The summed E-state index contributed by atoms with van der Waals surface area (Å²) in [5.41, 5.74) is -0.656. The van der Waals surface area contributed by atoms with Crippen LogP contribution in [0.1, 0.15) is 42.9 Å². The van der Waals surface area contributed by atoms with Crippen LogP contribution in [0, 0.1) is 0 Å². The van der Waals surface area contributed by atoms with E-state index in [0.717, 1.165) is 18.9 Å². The Kier molecular flexibility index (Phi) is 6.83. The number of benzene rings is 1. The third kappa shape index (κ3) is 4.81. The van der Waals surface area contributed by atoms with E-state index < -0.39 is 23.8 Å². The zero-order chi connectivity index (χ0) is 22.5. The van der Waals surface area contributed by atoms with Crippen molar-refractivity contribution < 1.29 is 23.0 Å². The molecule has 0 spiro atoms. The molecule has 0 aliphatic carbocycles. The van der Waals surface area contributed by atoms with E-state index in [1.54, 1.807) is 11.5 Å². The monoisotopic (exact) mass is 436 g/mol. The number of imidazole rings is 1. The number of fused-ring (bicyclic) bond motifs is 1. The van der Waals surface area contributed by atoms with Crippen molar-refractivity contribution in [1.82, 2.24) is 19.1 Å². The third-order valence-corrected chi connectivity index (χ3v) is 4.64. The Balaban J connectivity index is 1.89. The lowest BCUT2D eigenvalue weighted by molar-refractivity contribution is -0.0499. The maximum Gasteiger partial charge on any atom is 0.387 e. The van der Waals surface area contributed by atoms with Crippen molar-refractivity contribution in [1.29, 1.82) is 0 Å². The maximum atomic E-state index is 12.4. The van der Waals surface area contributed by atoms with Crippen molar-refractivity contribution in [3.05, 3.63) is 56.5 Å². The summed E-state index contributed by atoms with van der Waals surface area (Å²) in [4.78, 5) is 43.7. The predicted octanol–water partition coefficient (Wildman–Crippen LogP) is 2.66. The summed E-state index contributed by atoms with van der Waals surface area (Å²) in [5, 5.41) is 0. The number of carbonyl (C=O) groups is 1. The number of unbranched alkanes of at least 4 members (excludes halogenated alkanes) is 1. The van der Waals surface area contributed by atoms with E-state index in [1.165, 1.54) is 22.8 Å². The molecule has 0 unspecified atom stereocenters. The Labute approximate surface area is 175 Å². The number of aromatic amines is 1. The van der Waals surface area contributed by atoms with E-state index in [9.17, 15) is 23.2 Å². The van der Waals surface area contributed by atoms with E-state index in [4.69, 9.17) is 4.74 Å². The number of aromatic nitrogens is 4. The van der Waals surface area contributed by atoms with Crippen molar-refractivity contribution in [2.45, 2.75) is 53.0 Å². The molecule has 31 heavy (non-hydrogen) atoms. The van der Waals surface area contributed by atoms with E-state index >= 15 is 0 Å². The molecule has 0 bridgehead atoms. The first-order valence-electron chi connectivity index (χ1n) is 9.79. The quantitative estimate of drug-likeness (QED) is 0.517. The van der Waals surface area contributed by atoms with Crippen LogP contribution in [0.15, 0.2) is 33.9 Å². The van der Waals surface area contributed by atoms with Gasteiger partial charge in [-0.1, -0.05) is 19.4 Å². The summed E-state index contributed by atoms with van der Waals surface area (Å²) in [7, 11) is 0. The number of alkyl halides is 2. The van der Waals surface area contributed by atoms with Crippen LogP contribution in [0.5, 0.6) is 5.75 Å². The number of aryl methyl sites for hydroxylation is 2. The fraction of sp³-hybridized carbons (Fsp3) is 0.400. The minimum atomic E-state index is -3.01. The molecule has 9 nitrogen and oxygen atoms in total. The maximum absolute atomic E-state index is 12.4. The number of esters is 1. The number of nitrogens with one attached hydrogen (secondary N) is 1. The normalized spacial score (nSPS) is 11.3. The van der Waals surface area contributed by atoms with Gasteiger partial charge in [0.05, 0.1) is 5.56 Å². The first kappa shape index (κ1) is 22.2. The lowest BCUT2D eigenvalue weighted by Gasteiger charge is -2.08. The van der Waals surface area contributed by atoms with Gasteiger partial charge in [0.25, 0.3) is 5.56 Å². The van der Waals surface area contributed by atoms with E-state index in [2.05, 4.69) is 14.7 Å². The molecule has 0 radical (unpaired) electrons. The summed E-state index contributed by atoms with van der Waals surface area (Å²) >= 11 is 0. The lowest BCUT2D eigenvalue weighted by atomic mass is 10.2. The molecule has 0 aliphatic heterocycles. The molecule has 0 aliphatic rings. The molecular formula is C20H22F2N4O5. The van der Waals surface area contributed by atoms with Gasteiger partial charge >= 0.3 is 18.3 Å². The van der Waals surface area contributed by atoms with Gasteiger partial charge in [-0.05, 0) is 31.5 Å². The average Bonchev–Trinajstić information content (AvgIpc) is 3.10. The molecule has 11 heteroatoms. The van der Waals surface area contributed by atoms with Crippen molar-refractivity contribution in [3.63, 3.8) is 0 Å². The molecule has 1 aromatic carbocycles. The lowest BCUT2D eigenvalue weighted by Crippen LogP contribution is -2.31. The molecule has 2 heterocycles. The van der Waals surface area contributed by atoms with Crippen LogP contribution < -0.4 is 16.0 Å². The van der Waals surface area contributed by atoms with Crippen molar-refractivity contribution in [2.24, 2.45) is 0 Å². The number of halogens is 2. The zero-order valence-electron chi connectivity index (χ0n) is 17.1. The van der Waals surface area contributed by atoms with Crippen LogP contribution in [-0.4, -0.2) is 31.7 Å². The van der Waals surface area contributed by atoms with Crippen LogP contribution >= 0.6 is 0 Å². The largest absolute Gasteiger partial charge is 0.454 e. The van der Waals surface area contributed by atoms with Gasteiger partial charge < -0.3 is 14.0 Å². The molecule has 0 fully saturated rings. The van der Waals surface area contributed by atoms with Gasteiger partial charge in [-0.2, -0.15) is 8.78 Å². The Morgan fingerprint density at radius 1 is 1.23 bits per heavy atom. The number of rotatable bonds is 9. The van der Waals surface area contributed by atoms with Gasteiger partial charge in [-0.3, -0.25) is 14.3 Å². The fourth-order valence-electron chi connectivity index (χ4n) is 3.20. The Morgan fingerprint density at radius 3 is 2.68 bits per heavy atom. The highest BCUT2D eigenvalue weighted by Gasteiger charge is 2.19. The number of nitrogens with zero attached hydrogens (tertiary/aromatic N) is 3. The van der Waals surface area contributed by atoms with Crippen molar-refractivity contribution >= 4 is 17.1 Å². The molecule has 166 valence electrons. The van der Waals surface area contributed by atoms with Gasteiger partial charge in [0, 0.05) is 13.1 Å². The van der Waals surface area contributed by atoms with Crippen LogP contribution in [0.4, 0.5) is 8.78 Å². The van der Waals surface area contributed by atoms with E-state index in [0.29, 0.717) is 13.1 Å². The summed E-state index contributed by atoms with van der Waals surface area (Å²) in [6.45, 7) is 1.22. The highest BCUT2D eigenvalue weighted by Crippen LogP contribution is 2.18. The minimum Gasteiger partial charge on any atom is -0.454 e. The highest BCUT2D eigenvalue weighted by atomic mass is 19.3. The first-order valence-corrected chi connectivity index (χ1v) is 9.79. The summed E-state index contributed by atoms with van der Waals surface area (Å²) < 4.78 is 37.3. The minimum absolute atomic E-state index is 0.0232. The molecule has 0 saturated carbocycles. The van der Waals surface area contributed by atoms with Gasteiger partial charge in [-0.15, -0.1) is 0 Å². The van der Waals surface area contributed by atoms with Gasteiger partial charge in [-0.25, -0.2) is 14.6 Å². The average molecular weight is 436 g/mol. The van der Waals surface area contributed by atoms with Crippen LogP contribution in [0.25, 0.3) is 11.2 Å². The highest BCUT2D eigenvalue weighted by molar-refractivity contribution is 5.89. The second-order valence-electron chi connectivity index (χ2n) is 6.69. The van der Waals surface area contributed by atoms with Crippen LogP contribution in [0.2, 0.25) is 0 Å². The van der Waals surface area contributed by atoms with Crippen LogP contribution in [0.3, 0.4) is 0 Å². The molecule has 0 amide bonds. The van der Waals surface area contributed by atoms with Gasteiger partial charge in [0.2, 0.25) is 0 Å². The Hall–Kier alpha value is -3.50. The smallest absolute Gasteiger partial charge is 0.387 e. The first-order chi connectivity index (χ1) is 14.8. The third-order valence-electron chi connectivity index (χ3n) is 4.64. The molecule has 1 N–H and O–H groups in total. The summed E-state index contributed by atoms with van der Waals surface area (Å²) in [6.07, 6.45) is 1.57. The second kappa shape index (κ2) is 9.54. The molecular weight excluding hydrogens is 414 g/mol. The molecule has 2 aromatic heterocycles. The summed E-state index contributed by atoms with van der Waals surface area (Å²) in [5.74, 6) is -0.657. The van der Waals surface area contributed by atoms with Crippen molar-refractivity contribution in [2.75, 3.05) is 0 Å².